The van der Waals surface area contributed by atoms with Crippen molar-refractivity contribution in [1.82, 2.24) is 0 Å². The Morgan fingerprint density at radius 2 is 2.07 bits per heavy atom. The smallest absolute Gasteiger partial charge is 0.165 e. The lowest BCUT2D eigenvalue weighted by Gasteiger charge is -2.06. The zero-order valence-electron chi connectivity index (χ0n) is 8.14. The number of benzene rings is 1. The van der Waals surface area contributed by atoms with Gasteiger partial charge < -0.3 is 9.84 Å². The van der Waals surface area contributed by atoms with Gasteiger partial charge in [-0.2, -0.15) is 0 Å². The summed E-state index contributed by atoms with van der Waals surface area (Å²) in [4.78, 5) is 20.7. The molecule has 1 N–H and O–H groups in total. The van der Waals surface area contributed by atoms with Gasteiger partial charge in [-0.1, -0.05) is 0 Å². The molecule has 0 aliphatic rings. The lowest BCUT2D eigenvalue weighted by atomic mass is 10.1. The lowest BCUT2D eigenvalue weighted by Crippen LogP contribution is -1.89. The molecule has 0 unspecified atom stereocenters. The molecule has 1 rings (SSSR count). The molecule has 1 aromatic rings. The summed E-state index contributed by atoms with van der Waals surface area (Å²) >= 11 is 0. The largest absolute Gasteiger partial charge is 0.504 e. The van der Waals surface area contributed by atoms with Gasteiger partial charge in [-0.05, 0) is 24.3 Å². The van der Waals surface area contributed by atoms with Gasteiger partial charge in [-0.15, -0.1) is 0 Å². The predicted molar refractivity (Wildman–Crippen MR) is 55.1 cm³/mol. The van der Waals surface area contributed by atoms with E-state index in [1.807, 2.05) is 0 Å². The Labute approximate surface area is 86.8 Å². The van der Waals surface area contributed by atoms with Crippen LogP contribution in [-0.2, 0) is 4.79 Å². The van der Waals surface area contributed by atoms with Crippen LogP contribution in [0.2, 0.25) is 0 Å². The molecule has 4 nitrogen and oxygen atoms in total. The molecule has 0 aliphatic carbocycles. The van der Waals surface area contributed by atoms with E-state index in [2.05, 4.69) is 0 Å². The van der Waals surface area contributed by atoms with Crippen molar-refractivity contribution in [3.05, 3.63) is 29.3 Å². The van der Waals surface area contributed by atoms with Gasteiger partial charge in [0.2, 0.25) is 0 Å². The molecule has 0 radical (unpaired) electrons. The first kappa shape index (κ1) is 11.0. The molecule has 0 saturated heterocycles. The van der Waals surface area contributed by atoms with Crippen LogP contribution in [0.4, 0.5) is 0 Å². The predicted octanol–water partition coefficient (Wildman–Crippen LogP) is 1.43. The fraction of sp³-hybridized carbons (Fsp3) is 0.0909. The molecule has 4 heteroatoms. The van der Waals surface area contributed by atoms with Crippen molar-refractivity contribution in [2.75, 3.05) is 7.11 Å². The van der Waals surface area contributed by atoms with Crippen molar-refractivity contribution < 1.29 is 19.4 Å². The molecular weight excluding hydrogens is 196 g/mol. The Morgan fingerprint density at radius 3 is 2.60 bits per heavy atom. The minimum absolute atomic E-state index is 0.0961. The third-order valence-electron chi connectivity index (χ3n) is 1.84. The molecule has 15 heavy (non-hydrogen) atoms. The van der Waals surface area contributed by atoms with E-state index >= 15 is 0 Å². The maximum atomic E-state index is 10.6. The Morgan fingerprint density at radius 1 is 1.33 bits per heavy atom. The quantitative estimate of drug-likeness (QED) is 0.597. The number of methoxy groups -OCH3 is 1. The highest BCUT2D eigenvalue weighted by molar-refractivity contribution is 5.82. The third-order valence-corrected chi connectivity index (χ3v) is 1.84. The molecule has 0 saturated carbocycles. The lowest BCUT2D eigenvalue weighted by molar-refractivity contribution is -0.104. The number of rotatable bonds is 4. The zero-order valence-corrected chi connectivity index (χ0v) is 8.14. The van der Waals surface area contributed by atoms with Crippen LogP contribution in [-0.4, -0.2) is 24.8 Å². The second-order valence-corrected chi connectivity index (χ2v) is 2.77. The summed E-state index contributed by atoms with van der Waals surface area (Å²) in [5.41, 5.74) is 0.735. The number of phenols is 1. The van der Waals surface area contributed by atoms with E-state index in [0.717, 1.165) is 0 Å². The minimum atomic E-state index is -0.0961. The van der Waals surface area contributed by atoms with Crippen molar-refractivity contribution in [3.8, 4) is 11.5 Å². The van der Waals surface area contributed by atoms with Gasteiger partial charge >= 0.3 is 0 Å². The van der Waals surface area contributed by atoms with Crippen molar-refractivity contribution in [1.29, 1.82) is 0 Å². The number of allylic oxidation sites excluding steroid dienone is 1. The highest BCUT2D eigenvalue weighted by Crippen LogP contribution is 2.31. The van der Waals surface area contributed by atoms with Crippen LogP contribution in [0.25, 0.3) is 6.08 Å². The Hall–Kier alpha value is -2.10. The van der Waals surface area contributed by atoms with Gasteiger partial charge in [0.15, 0.2) is 11.5 Å². The molecule has 0 aliphatic heterocycles. The first-order valence-corrected chi connectivity index (χ1v) is 4.21. The van der Waals surface area contributed by atoms with E-state index in [0.29, 0.717) is 23.7 Å². The molecular formula is C11H10O4. The van der Waals surface area contributed by atoms with Crippen molar-refractivity contribution in [3.63, 3.8) is 0 Å². The zero-order chi connectivity index (χ0) is 11.3. The molecule has 0 atom stereocenters. The molecule has 0 bridgehead atoms. The van der Waals surface area contributed by atoms with Crippen molar-refractivity contribution >= 4 is 18.6 Å². The first-order chi connectivity index (χ1) is 7.22. The molecule has 1 aromatic carbocycles. The highest BCUT2D eigenvalue weighted by atomic mass is 16.5. The van der Waals surface area contributed by atoms with E-state index in [1.165, 1.54) is 31.4 Å². The number of phenolic OH excluding ortho intramolecular Hbond substituents is 1. The van der Waals surface area contributed by atoms with Crippen LogP contribution in [0.15, 0.2) is 18.2 Å². The van der Waals surface area contributed by atoms with Gasteiger partial charge in [-0.3, -0.25) is 9.59 Å². The van der Waals surface area contributed by atoms with E-state index in [-0.39, 0.29) is 11.5 Å². The maximum Gasteiger partial charge on any atom is 0.165 e. The van der Waals surface area contributed by atoms with Crippen LogP contribution in [0.1, 0.15) is 15.9 Å². The van der Waals surface area contributed by atoms with E-state index in [4.69, 9.17) is 4.74 Å². The Balaban J connectivity index is 3.29. The van der Waals surface area contributed by atoms with Crippen LogP contribution in [0.3, 0.4) is 0 Å². The monoisotopic (exact) mass is 206 g/mol. The SMILES string of the molecule is COc1cc(C=O)cc(C=CC=O)c1O. The topological polar surface area (TPSA) is 63.6 Å². The first-order valence-electron chi connectivity index (χ1n) is 4.21. The fourth-order valence-corrected chi connectivity index (χ4v) is 1.15. The van der Waals surface area contributed by atoms with Gasteiger partial charge in [-0.25, -0.2) is 0 Å². The maximum absolute atomic E-state index is 10.6. The van der Waals surface area contributed by atoms with Crippen LogP contribution < -0.4 is 4.74 Å². The summed E-state index contributed by atoms with van der Waals surface area (Å²) in [6, 6.07) is 2.88. The van der Waals surface area contributed by atoms with E-state index in [9.17, 15) is 14.7 Å². The van der Waals surface area contributed by atoms with Crippen LogP contribution in [0, 0.1) is 0 Å². The summed E-state index contributed by atoms with van der Waals surface area (Å²) in [6.45, 7) is 0. The van der Waals surface area contributed by atoms with Crippen LogP contribution in [0.5, 0.6) is 11.5 Å². The second kappa shape index (κ2) is 4.95. The normalized spacial score (nSPS) is 10.2. The summed E-state index contributed by atoms with van der Waals surface area (Å²) in [5, 5.41) is 9.63. The van der Waals surface area contributed by atoms with Crippen molar-refractivity contribution in [2.24, 2.45) is 0 Å². The minimum Gasteiger partial charge on any atom is -0.504 e. The third kappa shape index (κ3) is 2.43. The number of carbonyl (C=O) groups is 2. The fourth-order valence-electron chi connectivity index (χ4n) is 1.15. The van der Waals surface area contributed by atoms with Gasteiger partial charge in [0.25, 0.3) is 0 Å². The summed E-state index contributed by atoms with van der Waals surface area (Å²) in [6.07, 6.45) is 3.85. The summed E-state index contributed by atoms with van der Waals surface area (Å²) < 4.78 is 4.88. The molecule has 78 valence electrons. The van der Waals surface area contributed by atoms with E-state index < -0.39 is 0 Å². The highest BCUT2D eigenvalue weighted by Gasteiger charge is 2.07. The van der Waals surface area contributed by atoms with Gasteiger partial charge in [0, 0.05) is 11.1 Å². The average molecular weight is 206 g/mol. The number of aldehydes is 2. The van der Waals surface area contributed by atoms with Crippen LogP contribution >= 0.6 is 0 Å². The Kier molecular flexibility index (Phi) is 3.62. The Bertz CT molecular complexity index is 407. The van der Waals surface area contributed by atoms with E-state index in [1.54, 1.807) is 0 Å². The number of aromatic hydroxyl groups is 1. The molecule has 0 heterocycles. The molecule has 0 aromatic heterocycles. The average Bonchev–Trinajstić information content (AvgIpc) is 2.27. The molecule has 0 amide bonds. The van der Waals surface area contributed by atoms with Gasteiger partial charge in [0.1, 0.15) is 12.6 Å². The summed E-state index contributed by atoms with van der Waals surface area (Å²) in [5.74, 6) is 0.103. The van der Waals surface area contributed by atoms with Crippen molar-refractivity contribution in [2.45, 2.75) is 0 Å². The van der Waals surface area contributed by atoms with Gasteiger partial charge in [0.05, 0.1) is 7.11 Å². The number of ether oxygens (including phenoxy) is 1. The molecule has 0 fully saturated rings. The standard InChI is InChI=1S/C11H10O4/c1-15-10-6-8(7-13)5-9(11(10)14)3-2-4-12/h2-7,14H,1H3. The number of carbonyl (C=O) groups excluding carboxylic acids is 2. The summed E-state index contributed by atoms with van der Waals surface area (Å²) in [7, 11) is 1.39. The second-order valence-electron chi connectivity index (χ2n) is 2.77. The molecule has 0 spiro atoms. The number of hydrogen-bond acceptors (Lipinski definition) is 4. The number of hydrogen-bond donors (Lipinski definition) is 1.